The summed E-state index contributed by atoms with van der Waals surface area (Å²) < 4.78 is 5.54. The van der Waals surface area contributed by atoms with E-state index < -0.39 is 0 Å². The smallest absolute Gasteiger partial charge is 0.226 e. The maximum Gasteiger partial charge on any atom is 0.226 e. The molecule has 0 aliphatic heterocycles. The van der Waals surface area contributed by atoms with Crippen molar-refractivity contribution in [3.8, 4) is 5.88 Å². The maximum absolute atomic E-state index is 6.03. The fourth-order valence-electron chi connectivity index (χ4n) is 1.27. The van der Waals surface area contributed by atoms with E-state index in [2.05, 4.69) is 15.3 Å². The van der Waals surface area contributed by atoms with Gasteiger partial charge in [-0.25, -0.2) is 4.98 Å². The predicted octanol–water partition coefficient (Wildman–Crippen LogP) is 3.00. The van der Waals surface area contributed by atoms with E-state index in [9.17, 15) is 0 Å². The summed E-state index contributed by atoms with van der Waals surface area (Å²) in [6, 6.07) is 1.82. The fraction of sp³-hybridized carbons (Fsp3) is 0.667. The highest BCUT2D eigenvalue weighted by Gasteiger charge is 2.06. The van der Waals surface area contributed by atoms with Gasteiger partial charge < -0.3 is 10.1 Å². The molecular formula is C12H20ClN3O. The molecule has 1 N–H and O–H groups in total. The highest BCUT2D eigenvalue weighted by Crippen LogP contribution is 2.14. The molecule has 0 amide bonds. The summed E-state index contributed by atoms with van der Waals surface area (Å²) in [4.78, 5) is 8.56. The van der Waals surface area contributed by atoms with Crippen molar-refractivity contribution in [2.45, 2.75) is 45.6 Å². The van der Waals surface area contributed by atoms with Crippen molar-refractivity contribution in [3.63, 3.8) is 0 Å². The molecular weight excluding hydrogens is 238 g/mol. The lowest BCUT2D eigenvalue weighted by Crippen LogP contribution is -2.16. The lowest BCUT2D eigenvalue weighted by Gasteiger charge is -2.12. The van der Waals surface area contributed by atoms with Gasteiger partial charge in [0.2, 0.25) is 11.8 Å². The maximum atomic E-state index is 6.03. The average molecular weight is 258 g/mol. The minimum absolute atomic E-state index is 0.0913. The number of nitrogens with zero attached hydrogens (tertiary/aromatic N) is 2. The minimum Gasteiger partial charge on any atom is -0.475 e. The van der Waals surface area contributed by atoms with Crippen LogP contribution in [0.4, 0.5) is 5.95 Å². The number of hydrogen-bond donors (Lipinski definition) is 1. The fourth-order valence-corrected chi connectivity index (χ4v) is 1.34. The Morgan fingerprint density at radius 2 is 2.12 bits per heavy atom. The highest BCUT2D eigenvalue weighted by molar-refractivity contribution is 6.20. The molecule has 5 heteroatoms. The SMILES string of the molecule is CCC(Cl)CNc1nc(C)cc(OC(C)C)n1. The first-order chi connectivity index (χ1) is 8.01. The highest BCUT2D eigenvalue weighted by atomic mass is 35.5. The zero-order valence-corrected chi connectivity index (χ0v) is 11.6. The summed E-state index contributed by atoms with van der Waals surface area (Å²) >= 11 is 6.03. The number of anilines is 1. The molecule has 0 radical (unpaired) electrons. The van der Waals surface area contributed by atoms with E-state index >= 15 is 0 Å². The van der Waals surface area contributed by atoms with Crippen LogP contribution in [-0.4, -0.2) is 28.0 Å². The van der Waals surface area contributed by atoms with Gasteiger partial charge in [0.15, 0.2) is 0 Å². The number of aryl methyl sites for hydroxylation is 1. The second kappa shape index (κ2) is 6.64. The second-order valence-electron chi connectivity index (χ2n) is 4.22. The molecule has 0 spiro atoms. The monoisotopic (exact) mass is 257 g/mol. The van der Waals surface area contributed by atoms with Gasteiger partial charge >= 0.3 is 0 Å². The first-order valence-corrected chi connectivity index (χ1v) is 6.35. The Balaban J connectivity index is 2.68. The molecule has 1 heterocycles. The van der Waals surface area contributed by atoms with Crippen LogP contribution in [0.5, 0.6) is 5.88 Å². The van der Waals surface area contributed by atoms with Crippen LogP contribution in [-0.2, 0) is 0 Å². The Morgan fingerprint density at radius 1 is 1.41 bits per heavy atom. The van der Waals surface area contributed by atoms with E-state index in [0.29, 0.717) is 18.4 Å². The van der Waals surface area contributed by atoms with Crippen LogP contribution in [0.15, 0.2) is 6.07 Å². The zero-order valence-electron chi connectivity index (χ0n) is 10.8. The Labute approximate surface area is 108 Å². The molecule has 0 saturated carbocycles. The molecule has 0 aliphatic rings. The van der Waals surface area contributed by atoms with Crippen LogP contribution in [0.1, 0.15) is 32.9 Å². The van der Waals surface area contributed by atoms with Crippen molar-refractivity contribution in [3.05, 3.63) is 11.8 Å². The molecule has 17 heavy (non-hydrogen) atoms. The van der Waals surface area contributed by atoms with E-state index in [1.807, 2.05) is 33.8 Å². The first-order valence-electron chi connectivity index (χ1n) is 5.91. The van der Waals surface area contributed by atoms with E-state index in [1.165, 1.54) is 0 Å². The number of hydrogen-bond acceptors (Lipinski definition) is 4. The number of aromatic nitrogens is 2. The third kappa shape index (κ3) is 5.22. The molecule has 1 aromatic rings. The molecule has 1 aromatic heterocycles. The summed E-state index contributed by atoms with van der Waals surface area (Å²) in [6.45, 7) is 8.55. The zero-order chi connectivity index (χ0) is 12.8. The minimum atomic E-state index is 0.0913. The van der Waals surface area contributed by atoms with Crippen molar-refractivity contribution in [2.75, 3.05) is 11.9 Å². The lowest BCUT2D eigenvalue weighted by molar-refractivity contribution is 0.232. The molecule has 1 unspecified atom stereocenters. The molecule has 1 atom stereocenters. The standard InChI is InChI=1S/C12H20ClN3O/c1-5-10(13)7-14-12-15-9(4)6-11(16-12)17-8(2)3/h6,8,10H,5,7H2,1-4H3,(H,14,15,16). The second-order valence-corrected chi connectivity index (χ2v) is 4.84. The Morgan fingerprint density at radius 3 is 2.71 bits per heavy atom. The number of halogens is 1. The largest absolute Gasteiger partial charge is 0.475 e. The van der Waals surface area contributed by atoms with Gasteiger partial charge in [0.25, 0.3) is 0 Å². The van der Waals surface area contributed by atoms with E-state index in [4.69, 9.17) is 16.3 Å². The summed E-state index contributed by atoms with van der Waals surface area (Å²) in [6.07, 6.45) is 1.02. The van der Waals surface area contributed by atoms with Crippen molar-refractivity contribution in [2.24, 2.45) is 0 Å². The van der Waals surface area contributed by atoms with Crippen LogP contribution >= 0.6 is 11.6 Å². The van der Waals surface area contributed by atoms with Crippen LogP contribution in [0.25, 0.3) is 0 Å². The predicted molar refractivity (Wildman–Crippen MR) is 71.0 cm³/mol. The van der Waals surface area contributed by atoms with Gasteiger partial charge in [-0.2, -0.15) is 4.98 Å². The van der Waals surface area contributed by atoms with Gasteiger partial charge in [-0.15, -0.1) is 11.6 Å². The summed E-state index contributed by atoms with van der Waals surface area (Å²) in [7, 11) is 0. The third-order valence-electron chi connectivity index (χ3n) is 2.11. The molecule has 0 saturated heterocycles. The quantitative estimate of drug-likeness (QED) is 0.796. The van der Waals surface area contributed by atoms with Gasteiger partial charge in [-0.1, -0.05) is 6.92 Å². The van der Waals surface area contributed by atoms with Gasteiger partial charge in [0.05, 0.1) is 11.5 Å². The lowest BCUT2D eigenvalue weighted by atomic mass is 10.3. The van der Waals surface area contributed by atoms with Crippen molar-refractivity contribution >= 4 is 17.5 Å². The van der Waals surface area contributed by atoms with Crippen molar-refractivity contribution in [1.29, 1.82) is 0 Å². The molecule has 0 fully saturated rings. The average Bonchev–Trinajstić information content (AvgIpc) is 2.24. The van der Waals surface area contributed by atoms with E-state index in [1.54, 1.807) is 0 Å². The van der Waals surface area contributed by atoms with Crippen molar-refractivity contribution < 1.29 is 4.74 Å². The van der Waals surface area contributed by atoms with E-state index in [-0.39, 0.29) is 11.5 Å². The van der Waals surface area contributed by atoms with Crippen LogP contribution in [0.3, 0.4) is 0 Å². The Bertz CT molecular complexity index is 358. The number of nitrogens with one attached hydrogen (secondary N) is 1. The number of ether oxygens (including phenoxy) is 1. The summed E-state index contributed by atoms with van der Waals surface area (Å²) in [5.74, 6) is 1.16. The first kappa shape index (κ1) is 14.0. The molecule has 96 valence electrons. The summed E-state index contributed by atoms with van der Waals surface area (Å²) in [5, 5.41) is 3.21. The summed E-state index contributed by atoms with van der Waals surface area (Å²) in [5.41, 5.74) is 0.876. The van der Waals surface area contributed by atoms with Crippen LogP contribution < -0.4 is 10.1 Å². The van der Waals surface area contributed by atoms with Gasteiger partial charge in [0.1, 0.15) is 0 Å². The van der Waals surface area contributed by atoms with Gasteiger partial charge in [-0.3, -0.25) is 0 Å². The van der Waals surface area contributed by atoms with Crippen molar-refractivity contribution in [1.82, 2.24) is 9.97 Å². The Kier molecular flexibility index (Phi) is 5.48. The molecule has 4 nitrogen and oxygen atoms in total. The van der Waals surface area contributed by atoms with Crippen LogP contribution in [0, 0.1) is 6.92 Å². The number of alkyl halides is 1. The van der Waals surface area contributed by atoms with Crippen LogP contribution in [0.2, 0.25) is 0 Å². The van der Waals surface area contributed by atoms with Gasteiger partial charge in [0, 0.05) is 18.3 Å². The van der Waals surface area contributed by atoms with Gasteiger partial charge in [-0.05, 0) is 27.2 Å². The normalized spacial score (nSPS) is 12.6. The molecule has 0 aromatic carbocycles. The topological polar surface area (TPSA) is 47.0 Å². The third-order valence-corrected chi connectivity index (χ3v) is 2.57. The Hall–Kier alpha value is -1.03. The molecule has 0 bridgehead atoms. The van der Waals surface area contributed by atoms with E-state index in [0.717, 1.165) is 12.1 Å². The number of rotatable bonds is 6. The molecule has 0 aliphatic carbocycles. The molecule has 1 rings (SSSR count).